The van der Waals surface area contributed by atoms with Crippen molar-refractivity contribution in [1.82, 2.24) is 12.3 Å². The molecule has 0 aliphatic carbocycles. The molecule has 0 radical (unpaired) electrons. The number of hydrogen-bond acceptors (Lipinski definition) is 9. The van der Waals surface area contributed by atoms with Gasteiger partial charge in [0.15, 0.2) is 0 Å². The molecule has 8 N–H and O–H groups in total. The third-order valence-corrected chi connectivity index (χ3v) is 0. The summed E-state index contributed by atoms with van der Waals surface area (Å²) in [6.07, 6.45) is -7.00. The number of quaternary nitrogens is 2. The smallest absolute Gasteiger partial charge is 0.652 e. The van der Waals surface area contributed by atoms with Crippen LogP contribution in [0.15, 0.2) is 0 Å². The van der Waals surface area contributed by atoms with Gasteiger partial charge in [-0.3, -0.25) is 0 Å². The van der Waals surface area contributed by atoms with Crippen LogP contribution in [0.4, 0.5) is 14.4 Å². The Morgan fingerprint density at radius 2 is 0.562 bits per heavy atom. The maximum Gasteiger partial charge on any atom is 4.00 e. The van der Waals surface area contributed by atoms with Crippen LogP contribution in [-0.4, -0.2) is 18.5 Å². The Kier molecular flexibility index (Phi) is 105. The van der Waals surface area contributed by atoms with Crippen molar-refractivity contribution >= 4 is 18.5 Å². The first-order valence-electron chi connectivity index (χ1n) is 1.84. The third kappa shape index (κ3) is 3400. The molecule has 0 bridgehead atoms. The molecule has 16 heavy (non-hydrogen) atoms. The second-order valence-corrected chi connectivity index (χ2v) is 0.750. The first kappa shape index (κ1) is 45.5. The van der Waals surface area contributed by atoms with E-state index in [2.05, 4.69) is 0 Å². The average Bonchev–Trinajstić information content (AvgIpc) is 1.54. The molecule has 0 unspecified atom stereocenters. The molecule has 0 aromatic heterocycles. The van der Waals surface area contributed by atoms with Crippen LogP contribution in [0.5, 0.6) is 0 Å². The first-order valence-corrected chi connectivity index (χ1v) is 1.84. The minimum atomic E-state index is -2.33. The molecular formula is C3H8N2O9ZnZr. The molecule has 0 aliphatic rings. The number of carbonyl (C=O) groups excluding carboxylic acids is 3. The summed E-state index contributed by atoms with van der Waals surface area (Å²) in [6, 6.07) is 0. The van der Waals surface area contributed by atoms with Gasteiger partial charge in [-0.25, -0.2) is 0 Å². The van der Waals surface area contributed by atoms with E-state index in [4.69, 9.17) is 45.0 Å². The molecule has 90 valence electrons. The van der Waals surface area contributed by atoms with Crippen molar-refractivity contribution in [2.75, 3.05) is 0 Å². The standard InChI is InChI=1S/3CH2O3.2H3N.Zn.Zr/c3*2-1(3)4;;;;/h3*(H2,2,3,4);2*1H3;;/q;;;;;;+4/p-4. The zero-order chi connectivity index (χ0) is 10.7. The molecule has 13 heteroatoms. The fourth-order valence-electron chi connectivity index (χ4n) is 0. The number of carbonyl (C=O) groups is 3. The summed E-state index contributed by atoms with van der Waals surface area (Å²) in [7, 11) is 0. The van der Waals surface area contributed by atoms with Gasteiger partial charge in [-0.1, -0.05) is 0 Å². The van der Waals surface area contributed by atoms with E-state index in [9.17, 15) is 0 Å². The van der Waals surface area contributed by atoms with E-state index in [-0.39, 0.29) is 58.0 Å². The zero-order valence-electron chi connectivity index (χ0n) is 8.38. The molecule has 11 nitrogen and oxygen atoms in total. The largest absolute Gasteiger partial charge is 4.00 e. The molecule has 0 aromatic carbocycles. The van der Waals surface area contributed by atoms with Crippen molar-refractivity contribution in [3.8, 4) is 0 Å². The summed E-state index contributed by atoms with van der Waals surface area (Å²) >= 11 is 0. The fraction of sp³-hybridized carbons (Fsp3) is 0. The monoisotopic (exact) mass is 370 g/mol. The van der Waals surface area contributed by atoms with Gasteiger partial charge in [0, 0.05) is 19.5 Å². The fourth-order valence-corrected chi connectivity index (χ4v) is 0. The van der Waals surface area contributed by atoms with Crippen molar-refractivity contribution in [3.05, 3.63) is 0 Å². The molecule has 0 atom stereocenters. The Hall–Kier alpha value is -0.764. The van der Waals surface area contributed by atoms with Gasteiger partial charge in [0.05, 0.1) is 0 Å². The van der Waals surface area contributed by atoms with E-state index in [1.165, 1.54) is 0 Å². The van der Waals surface area contributed by atoms with Crippen LogP contribution in [0, 0.1) is 0 Å². The van der Waals surface area contributed by atoms with Gasteiger partial charge in [-0.15, -0.1) is 0 Å². The Bertz CT molecular complexity index is 126. The molecule has 0 saturated carbocycles. The molecule has 0 fully saturated rings. The Morgan fingerprint density at radius 3 is 0.562 bits per heavy atom. The Labute approximate surface area is 121 Å². The third-order valence-electron chi connectivity index (χ3n) is 0. The summed E-state index contributed by atoms with van der Waals surface area (Å²) < 4.78 is 0. The van der Waals surface area contributed by atoms with Gasteiger partial charge >= 0.3 is 26.2 Å². The maximum absolute atomic E-state index is 8.33. The van der Waals surface area contributed by atoms with E-state index >= 15 is 0 Å². The molecule has 0 aromatic rings. The second-order valence-electron chi connectivity index (χ2n) is 0.750. The van der Waals surface area contributed by atoms with E-state index in [1.807, 2.05) is 0 Å². The number of carboxylic acid groups (broad SMARTS) is 6. The summed E-state index contributed by atoms with van der Waals surface area (Å²) in [6.45, 7) is 0. The molecule has 0 rings (SSSR count). The van der Waals surface area contributed by atoms with Crippen molar-refractivity contribution < 1.29 is 90.7 Å². The van der Waals surface area contributed by atoms with E-state index in [1.54, 1.807) is 0 Å². The normalized spacial score (nSPS) is 4.50. The van der Waals surface area contributed by atoms with Gasteiger partial charge < -0.3 is 57.3 Å². The maximum atomic E-state index is 8.33. The summed E-state index contributed by atoms with van der Waals surface area (Å²) in [4.78, 5) is 25.0. The van der Waals surface area contributed by atoms with Crippen LogP contribution in [0.1, 0.15) is 0 Å². The minimum absolute atomic E-state index is 0. The van der Waals surface area contributed by atoms with Crippen LogP contribution in [0.25, 0.3) is 0 Å². The average molecular weight is 373 g/mol. The van der Waals surface area contributed by atoms with Crippen LogP contribution in [0.2, 0.25) is 0 Å². The van der Waals surface area contributed by atoms with E-state index in [0.717, 1.165) is 0 Å². The Balaban J connectivity index is -0.0000000135. The summed E-state index contributed by atoms with van der Waals surface area (Å²) in [5.41, 5.74) is 0. The van der Waals surface area contributed by atoms with Crippen LogP contribution < -0.4 is 42.9 Å². The molecule has 0 amide bonds. The predicted octanol–water partition coefficient (Wildman–Crippen LogP) is -6.59. The minimum Gasteiger partial charge on any atom is -0.652 e. The number of hydrogen-bond donors (Lipinski definition) is 2. The van der Waals surface area contributed by atoms with Crippen molar-refractivity contribution in [3.63, 3.8) is 0 Å². The van der Waals surface area contributed by atoms with Crippen LogP contribution >= 0.6 is 0 Å². The molecule has 0 aliphatic heterocycles. The summed E-state index contributed by atoms with van der Waals surface area (Å²) in [5.74, 6) is 0. The van der Waals surface area contributed by atoms with Gasteiger partial charge in [0.1, 0.15) is 0 Å². The predicted molar refractivity (Wildman–Crippen MR) is 28.2 cm³/mol. The van der Waals surface area contributed by atoms with E-state index < -0.39 is 18.5 Å². The SMILES string of the molecule is O=C([O-])[O-].O=C([O-])[O-].O=C([O-])[O-].[NH4+].[NH4+].[Zn].[Zr+4]. The van der Waals surface area contributed by atoms with Crippen LogP contribution in [-0.2, 0) is 45.7 Å². The zero-order valence-corrected chi connectivity index (χ0v) is 13.8. The number of rotatable bonds is 0. The second kappa shape index (κ2) is 36.8. The summed E-state index contributed by atoms with van der Waals surface area (Å²) in [5, 5.41) is 50.0. The molecule has 0 heterocycles. The van der Waals surface area contributed by atoms with E-state index in [0.29, 0.717) is 0 Å². The van der Waals surface area contributed by atoms with Gasteiger partial charge in [-0.2, -0.15) is 0 Å². The van der Waals surface area contributed by atoms with Gasteiger partial charge in [0.2, 0.25) is 0 Å². The Morgan fingerprint density at radius 1 is 0.562 bits per heavy atom. The van der Waals surface area contributed by atoms with Crippen molar-refractivity contribution in [2.45, 2.75) is 0 Å². The van der Waals surface area contributed by atoms with Gasteiger partial charge in [0.25, 0.3) is 0 Å². The quantitative estimate of drug-likeness (QED) is 0.382. The first-order chi connectivity index (χ1) is 5.20. The van der Waals surface area contributed by atoms with Crippen molar-refractivity contribution in [1.29, 1.82) is 0 Å². The molecule has 0 saturated heterocycles. The van der Waals surface area contributed by atoms with Crippen LogP contribution in [0.3, 0.4) is 0 Å². The topological polar surface area (TPSA) is 263 Å². The molecular weight excluding hydrogens is 365 g/mol. The van der Waals surface area contributed by atoms with Crippen molar-refractivity contribution in [2.24, 2.45) is 0 Å². The van der Waals surface area contributed by atoms with Gasteiger partial charge in [-0.05, 0) is 18.5 Å². The molecule has 0 spiro atoms.